The van der Waals surface area contributed by atoms with Crippen LogP contribution in [0, 0.1) is 6.92 Å². The summed E-state index contributed by atoms with van der Waals surface area (Å²) in [6.45, 7) is 10.5. The number of anilines is 1. The van der Waals surface area contributed by atoms with E-state index in [2.05, 4.69) is 49.2 Å². The van der Waals surface area contributed by atoms with Gasteiger partial charge in [0.05, 0.1) is 0 Å². The molecule has 0 bridgehead atoms. The van der Waals surface area contributed by atoms with Crippen LogP contribution in [0.4, 0.5) is 5.69 Å². The molecule has 2 aliphatic heterocycles. The van der Waals surface area contributed by atoms with E-state index in [4.69, 9.17) is 0 Å². The van der Waals surface area contributed by atoms with Gasteiger partial charge in [0.25, 0.3) is 0 Å². The van der Waals surface area contributed by atoms with E-state index in [0.29, 0.717) is 5.41 Å². The first-order valence-electron chi connectivity index (χ1n) is 7.16. The van der Waals surface area contributed by atoms with Crippen LogP contribution >= 0.6 is 0 Å². The number of nitrogens with one attached hydrogen (secondary N) is 1. The molecular formula is C16H24N2. The van der Waals surface area contributed by atoms with E-state index in [1.165, 1.54) is 49.3 Å². The Labute approximate surface area is 110 Å². The molecule has 1 aromatic rings. The van der Waals surface area contributed by atoms with Gasteiger partial charge in [-0.05, 0) is 50.0 Å². The molecule has 0 saturated carbocycles. The van der Waals surface area contributed by atoms with Crippen LogP contribution in [0.15, 0.2) is 18.2 Å². The van der Waals surface area contributed by atoms with Crippen molar-refractivity contribution in [1.82, 2.24) is 5.32 Å². The van der Waals surface area contributed by atoms with Crippen molar-refractivity contribution in [1.29, 1.82) is 0 Å². The fourth-order valence-corrected chi connectivity index (χ4v) is 3.49. The average molecular weight is 244 g/mol. The van der Waals surface area contributed by atoms with Gasteiger partial charge in [0.2, 0.25) is 0 Å². The first kappa shape index (κ1) is 12.0. The second-order valence-corrected chi connectivity index (χ2v) is 6.51. The first-order chi connectivity index (χ1) is 8.58. The molecule has 0 spiro atoms. The van der Waals surface area contributed by atoms with Crippen molar-refractivity contribution < 1.29 is 0 Å². The highest BCUT2D eigenvalue weighted by Gasteiger charge is 2.38. The molecule has 0 atom stereocenters. The molecule has 0 amide bonds. The van der Waals surface area contributed by atoms with Crippen LogP contribution < -0.4 is 10.2 Å². The van der Waals surface area contributed by atoms with Gasteiger partial charge in [-0.2, -0.15) is 0 Å². The lowest BCUT2D eigenvalue weighted by Crippen LogP contribution is -2.44. The van der Waals surface area contributed by atoms with Crippen molar-refractivity contribution in [2.75, 3.05) is 24.5 Å². The Morgan fingerprint density at radius 1 is 1.22 bits per heavy atom. The molecular weight excluding hydrogens is 220 g/mol. The van der Waals surface area contributed by atoms with Crippen molar-refractivity contribution in [3.63, 3.8) is 0 Å². The van der Waals surface area contributed by atoms with Gasteiger partial charge in [0.15, 0.2) is 0 Å². The number of rotatable bonds is 1. The van der Waals surface area contributed by atoms with Crippen LogP contribution in [0.3, 0.4) is 0 Å². The van der Waals surface area contributed by atoms with E-state index in [-0.39, 0.29) is 0 Å². The average Bonchev–Trinajstić information content (AvgIpc) is 2.62. The van der Waals surface area contributed by atoms with Crippen molar-refractivity contribution in [3.05, 3.63) is 29.3 Å². The van der Waals surface area contributed by atoms with Gasteiger partial charge in [0.1, 0.15) is 0 Å². The molecule has 98 valence electrons. The van der Waals surface area contributed by atoms with Crippen LogP contribution in [-0.4, -0.2) is 25.7 Å². The highest BCUT2D eigenvalue weighted by Crippen LogP contribution is 2.42. The van der Waals surface area contributed by atoms with E-state index >= 15 is 0 Å². The molecule has 2 heteroatoms. The van der Waals surface area contributed by atoms with Gasteiger partial charge in [-0.3, -0.25) is 0 Å². The number of benzene rings is 1. The van der Waals surface area contributed by atoms with Crippen LogP contribution in [-0.2, 0) is 5.41 Å². The maximum absolute atomic E-state index is 3.47. The highest BCUT2D eigenvalue weighted by molar-refractivity contribution is 5.64. The normalized spacial score (nSPS) is 23.2. The SMILES string of the molecule is Cc1ccc2c(c1)N(C1CCNCC1)CC2(C)C. The van der Waals surface area contributed by atoms with Gasteiger partial charge in [-0.15, -0.1) is 0 Å². The van der Waals surface area contributed by atoms with Crippen LogP contribution in [0.2, 0.25) is 0 Å². The van der Waals surface area contributed by atoms with Gasteiger partial charge >= 0.3 is 0 Å². The predicted octanol–water partition coefficient (Wildman–Crippen LogP) is 2.84. The predicted molar refractivity (Wildman–Crippen MR) is 77.4 cm³/mol. The van der Waals surface area contributed by atoms with Crippen molar-refractivity contribution in [2.24, 2.45) is 0 Å². The van der Waals surface area contributed by atoms with Gasteiger partial charge in [-0.1, -0.05) is 26.0 Å². The third-order valence-corrected chi connectivity index (χ3v) is 4.51. The number of nitrogens with zero attached hydrogens (tertiary/aromatic N) is 1. The topological polar surface area (TPSA) is 15.3 Å². The molecule has 1 N–H and O–H groups in total. The van der Waals surface area contributed by atoms with E-state index in [1.54, 1.807) is 0 Å². The molecule has 2 nitrogen and oxygen atoms in total. The number of hydrogen-bond donors (Lipinski definition) is 1. The molecule has 1 aromatic carbocycles. The fraction of sp³-hybridized carbons (Fsp3) is 0.625. The Balaban J connectivity index is 1.97. The van der Waals surface area contributed by atoms with E-state index in [1.807, 2.05) is 0 Å². The largest absolute Gasteiger partial charge is 0.367 e. The molecule has 3 rings (SSSR count). The monoisotopic (exact) mass is 244 g/mol. The minimum Gasteiger partial charge on any atom is -0.367 e. The summed E-state index contributed by atoms with van der Waals surface area (Å²) in [4.78, 5) is 2.67. The molecule has 18 heavy (non-hydrogen) atoms. The second-order valence-electron chi connectivity index (χ2n) is 6.51. The highest BCUT2D eigenvalue weighted by atomic mass is 15.2. The summed E-state index contributed by atoms with van der Waals surface area (Å²) in [5.41, 5.74) is 4.71. The minimum absolute atomic E-state index is 0.300. The molecule has 0 aromatic heterocycles. The quantitative estimate of drug-likeness (QED) is 0.817. The van der Waals surface area contributed by atoms with Crippen LogP contribution in [0.1, 0.15) is 37.8 Å². The zero-order valence-electron chi connectivity index (χ0n) is 11.8. The van der Waals surface area contributed by atoms with Gasteiger partial charge < -0.3 is 10.2 Å². The minimum atomic E-state index is 0.300. The maximum atomic E-state index is 3.47. The third kappa shape index (κ3) is 1.93. The van der Waals surface area contributed by atoms with Crippen LogP contribution in [0.5, 0.6) is 0 Å². The van der Waals surface area contributed by atoms with E-state index in [0.717, 1.165) is 6.04 Å². The summed E-state index contributed by atoms with van der Waals surface area (Å²) in [6.07, 6.45) is 2.56. The number of piperidine rings is 1. The second kappa shape index (κ2) is 4.27. The van der Waals surface area contributed by atoms with Crippen molar-refractivity contribution in [3.8, 4) is 0 Å². The maximum Gasteiger partial charge on any atom is 0.0410 e. The Morgan fingerprint density at radius 3 is 2.67 bits per heavy atom. The Hall–Kier alpha value is -1.02. The Morgan fingerprint density at radius 2 is 1.94 bits per heavy atom. The lowest BCUT2D eigenvalue weighted by molar-refractivity contribution is 0.415. The van der Waals surface area contributed by atoms with Gasteiger partial charge in [0, 0.05) is 23.7 Å². The molecule has 2 heterocycles. The molecule has 0 aliphatic carbocycles. The summed E-state index contributed by atoms with van der Waals surface area (Å²) >= 11 is 0. The summed E-state index contributed by atoms with van der Waals surface area (Å²) in [6, 6.07) is 7.71. The van der Waals surface area contributed by atoms with Crippen LogP contribution in [0.25, 0.3) is 0 Å². The molecule has 1 fully saturated rings. The Kier molecular flexibility index (Phi) is 2.86. The number of aryl methyl sites for hydroxylation is 1. The van der Waals surface area contributed by atoms with E-state index in [9.17, 15) is 0 Å². The zero-order chi connectivity index (χ0) is 12.8. The third-order valence-electron chi connectivity index (χ3n) is 4.51. The molecule has 0 unspecified atom stereocenters. The van der Waals surface area contributed by atoms with Crippen molar-refractivity contribution >= 4 is 5.69 Å². The summed E-state index contributed by atoms with van der Waals surface area (Å²) in [5, 5.41) is 3.47. The summed E-state index contributed by atoms with van der Waals surface area (Å²) in [7, 11) is 0. The number of hydrogen-bond acceptors (Lipinski definition) is 2. The summed E-state index contributed by atoms with van der Waals surface area (Å²) in [5.74, 6) is 0. The zero-order valence-corrected chi connectivity index (χ0v) is 11.8. The Bertz CT molecular complexity index is 444. The molecule has 2 aliphatic rings. The number of fused-ring (bicyclic) bond motifs is 1. The molecule has 0 radical (unpaired) electrons. The standard InChI is InChI=1S/C16H24N2/c1-12-4-5-14-15(10-12)18(11-16(14,2)3)13-6-8-17-9-7-13/h4-5,10,13,17H,6-9,11H2,1-3H3. The lowest BCUT2D eigenvalue weighted by atomic mass is 9.86. The fourth-order valence-electron chi connectivity index (χ4n) is 3.49. The smallest absolute Gasteiger partial charge is 0.0410 e. The van der Waals surface area contributed by atoms with E-state index < -0.39 is 0 Å². The van der Waals surface area contributed by atoms with Crippen molar-refractivity contribution in [2.45, 2.75) is 45.1 Å². The molecule has 1 saturated heterocycles. The lowest BCUT2D eigenvalue weighted by Gasteiger charge is -2.34. The first-order valence-corrected chi connectivity index (χ1v) is 7.16. The van der Waals surface area contributed by atoms with Gasteiger partial charge in [-0.25, -0.2) is 0 Å². The summed E-state index contributed by atoms with van der Waals surface area (Å²) < 4.78 is 0.